The van der Waals surface area contributed by atoms with Crippen molar-refractivity contribution < 1.29 is 4.79 Å². The highest BCUT2D eigenvalue weighted by molar-refractivity contribution is 9.10. The molecule has 1 aromatic heterocycles. The van der Waals surface area contributed by atoms with Crippen LogP contribution in [0.15, 0.2) is 53.1 Å². The standard InChI is InChI=1S/C16H17BrN2O/c17-14-5-3-4-13(12-14)7-8-16(20)19-11-9-15-6-1-2-10-18-15/h1-6,10,12H,7-9,11H2,(H,19,20). The number of nitrogens with zero attached hydrogens (tertiary/aromatic N) is 1. The Labute approximate surface area is 127 Å². The van der Waals surface area contributed by atoms with Crippen LogP contribution in [-0.2, 0) is 17.6 Å². The first kappa shape index (κ1) is 14.7. The van der Waals surface area contributed by atoms with E-state index in [-0.39, 0.29) is 5.91 Å². The zero-order chi connectivity index (χ0) is 14.2. The van der Waals surface area contributed by atoms with Gasteiger partial charge in [-0.15, -0.1) is 0 Å². The molecule has 1 N–H and O–H groups in total. The molecule has 0 saturated carbocycles. The average Bonchev–Trinajstić information content (AvgIpc) is 2.46. The van der Waals surface area contributed by atoms with Gasteiger partial charge in [0.25, 0.3) is 0 Å². The molecule has 0 unspecified atom stereocenters. The van der Waals surface area contributed by atoms with E-state index in [1.54, 1.807) is 6.20 Å². The largest absolute Gasteiger partial charge is 0.356 e. The lowest BCUT2D eigenvalue weighted by Crippen LogP contribution is -2.26. The molecular weight excluding hydrogens is 316 g/mol. The minimum Gasteiger partial charge on any atom is -0.356 e. The van der Waals surface area contributed by atoms with Crippen LogP contribution >= 0.6 is 15.9 Å². The van der Waals surface area contributed by atoms with E-state index in [0.717, 1.165) is 23.0 Å². The highest BCUT2D eigenvalue weighted by atomic mass is 79.9. The van der Waals surface area contributed by atoms with Gasteiger partial charge in [-0.3, -0.25) is 9.78 Å². The predicted octanol–water partition coefficient (Wildman–Crippen LogP) is 3.14. The Morgan fingerprint density at radius 3 is 2.80 bits per heavy atom. The van der Waals surface area contributed by atoms with E-state index in [1.807, 2.05) is 42.5 Å². The fraction of sp³-hybridized carbons (Fsp3) is 0.250. The van der Waals surface area contributed by atoms with Crippen LogP contribution in [-0.4, -0.2) is 17.4 Å². The van der Waals surface area contributed by atoms with Crippen LogP contribution in [0.5, 0.6) is 0 Å². The summed E-state index contributed by atoms with van der Waals surface area (Å²) in [5, 5.41) is 2.93. The Balaban J connectivity index is 1.68. The number of carbonyl (C=O) groups is 1. The van der Waals surface area contributed by atoms with Crippen LogP contribution in [0.1, 0.15) is 17.7 Å². The minimum atomic E-state index is 0.0842. The van der Waals surface area contributed by atoms with Crippen LogP contribution in [0, 0.1) is 0 Å². The van der Waals surface area contributed by atoms with E-state index in [9.17, 15) is 4.79 Å². The van der Waals surface area contributed by atoms with Crippen LogP contribution in [0.4, 0.5) is 0 Å². The highest BCUT2D eigenvalue weighted by Crippen LogP contribution is 2.12. The Hall–Kier alpha value is -1.68. The summed E-state index contributed by atoms with van der Waals surface area (Å²) >= 11 is 3.43. The number of halogens is 1. The molecule has 2 rings (SSSR count). The molecular formula is C16H17BrN2O. The van der Waals surface area contributed by atoms with Crippen molar-refractivity contribution in [1.29, 1.82) is 0 Å². The zero-order valence-corrected chi connectivity index (χ0v) is 12.8. The lowest BCUT2D eigenvalue weighted by molar-refractivity contribution is -0.121. The van der Waals surface area contributed by atoms with E-state index in [0.29, 0.717) is 13.0 Å². The summed E-state index contributed by atoms with van der Waals surface area (Å²) in [6, 6.07) is 13.9. The van der Waals surface area contributed by atoms with Gasteiger partial charge in [0.1, 0.15) is 0 Å². The third-order valence-electron chi connectivity index (χ3n) is 2.96. The van der Waals surface area contributed by atoms with Gasteiger partial charge >= 0.3 is 0 Å². The van der Waals surface area contributed by atoms with Gasteiger partial charge in [0.2, 0.25) is 5.91 Å². The van der Waals surface area contributed by atoms with Crippen molar-refractivity contribution in [2.24, 2.45) is 0 Å². The maximum absolute atomic E-state index is 11.7. The smallest absolute Gasteiger partial charge is 0.220 e. The van der Waals surface area contributed by atoms with Gasteiger partial charge in [-0.05, 0) is 36.2 Å². The quantitative estimate of drug-likeness (QED) is 0.882. The first-order valence-corrected chi connectivity index (χ1v) is 7.44. The van der Waals surface area contributed by atoms with Gasteiger partial charge in [-0.25, -0.2) is 0 Å². The number of hydrogen-bond donors (Lipinski definition) is 1. The summed E-state index contributed by atoms with van der Waals surface area (Å²) in [5.74, 6) is 0.0842. The second-order valence-corrected chi connectivity index (χ2v) is 5.47. The molecule has 1 heterocycles. The maximum atomic E-state index is 11.7. The fourth-order valence-corrected chi connectivity index (χ4v) is 2.36. The molecule has 4 heteroatoms. The Kier molecular flexibility index (Phi) is 5.74. The van der Waals surface area contributed by atoms with E-state index in [1.165, 1.54) is 5.56 Å². The van der Waals surface area contributed by atoms with Crippen molar-refractivity contribution in [2.75, 3.05) is 6.54 Å². The summed E-state index contributed by atoms with van der Waals surface area (Å²) in [6.07, 6.45) is 3.81. The molecule has 3 nitrogen and oxygen atoms in total. The second kappa shape index (κ2) is 7.80. The fourth-order valence-electron chi connectivity index (χ4n) is 1.91. The summed E-state index contributed by atoms with van der Waals surface area (Å²) in [6.45, 7) is 0.633. The van der Waals surface area contributed by atoms with E-state index >= 15 is 0 Å². The van der Waals surface area contributed by atoms with Crippen LogP contribution in [0.3, 0.4) is 0 Å². The highest BCUT2D eigenvalue weighted by Gasteiger charge is 2.02. The first-order valence-electron chi connectivity index (χ1n) is 6.65. The molecule has 0 aliphatic rings. The molecule has 0 bridgehead atoms. The number of hydrogen-bond acceptors (Lipinski definition) is 2. The van der Waals surface area contributed by atoms with Gasteiger partial charge in [-0.1, -0.05) is 34.1 Å². The second-order valence-electron chi connectivity index (χ2n) is 4.55. The Morgan fingerprint density at radius 2 is 2.05 bits per heavy atom. The summed E-state index contributed by atoms with van der Waals surface area (Å²) in [4.78, 5) is 16.0. The summed E-state index contributed by atoms with van der Waals surface area (Å²) in [5.41, 5.74) is 2.17. The van der Waals surface area contributed by atoms with Crippen molar-refractivity contribution in [3.8, 4) is 0 Å². The lowest BCUT2D eigenvalue weighted by Gasteiger charge is -2.05. The van der Waals surface area contributed by atoms with Crippen LogP contribution in [0.2, 0.25) is 0 Å². The molecule has 0 fully saturated rings. The molecule has 0 radical (unpaired) electrons. The Bertz CT molecular complexity index is 557. The number of aryl methyl sites for hydroxylation is 1. The van der Waals surface area contributed by atoms with Crippen molar-refractivity contribution in [3.05, 3.63) is 64.4 Å². The molecule has 0 aliphatic carbocycles. The number of nitrogens with one attached hydrogen (secondary N) is 1. The number of amides is 1. The van der Waals surface area contributed by atoms with Gasteiger partial charge in [0, 0.05) is 35.7 Å². The number of rotatable bonds is 6. The first-order chi connectivity index (χ1) is 9.74. The van der Waals surface area contributed by atoms with Gasteiger partial charge in [0.15, 0.2) is 0 Å². The number of carbonyl (C=O) groups excluding carboxylic acids is 1. The molecule has 0 spiro atoms. The van der Waals surface area contributed by atoms with Crippen LogP contribution in [0.25, 0.3) is 0 Å². The lowest BCUT2D eigenvalue weighted by atomic mass is 10.1. The normalized spacial score (nSPS) is 10.2. The van der Waals surface area contributed by atoms with Crippen molar-refractivity contribution >= 4 is 21.8 Å². The van der Waals surface area contributed by atoms with E-state index in [2.05, 4.69) is 26.2 Å². The third-order valence-corrected chi connectivity index (χ3v) is 3.45. The van der Waals surface area contributed by atoms with Crippen molar-refractivity contribution in [1.82, 2.24) is 10.3 Å². The molecule has 0 aliphatic heterocycles. The minimum absolute atomic E-state index is 0.0842. The van der Waals surface area contributed by atoms with E-state index < -0.39 is 0 Å². The summed E-state index contributed by atoms with van der Waals surface area (Å²) < 4.78 is 1.05. The zero-order valence-electron chi connectivity index (χ0n) is 11.2. The van der Waals surface area contributed by atoms with Gasteiger partial charge < -0.3 is 5.32 Å². The molecule has 0 atom stereocenters. The molecule has 2 aromatic rings. The topological polar surface area (TPSA) is 42.0 Å². The predicted molar refractivity (Wildman–Crippen MR) is 83.4 cm³/mol. The monoisotopic (exact) mass is 332 g/mol. The number of aromatic nitrogens is 1. The van der Waals surface area contributed by atoms with Crippen LogP contribution < -0.4 is 5.32 Å². The average molecular weight is 333 g/mol. The molecule has 20 heavy (non-hydrogen) atoms. The number of pyridine rings is 1. The van der Waals surface area contributed by atoms with Crippen molar-refractivity contribution in [3.63, 3.8) is 0 Å². The number of benzene rings is 1. The SMILES string of the molecule is O=C(CCc1cccc(Br)c1)NCCc1ccccn1. The summed E-state index contributed by atoms with van der Waals surface area (Å²) in [7, 11) is 0. The Morgan fingerprint density at radius 1 is 1.15 bits per heavy atom. The van der Waals surface area contributed by atoms with Gasteiger partial charge in [-0.2, -0.15) is 0 Å². The molecule has 0 saturated heterocycles. The molecule has 1 amide bonds. The molecule has 1 aromatic carbocycles. The van der Waals surface area contributed by atoms with E-state index in [4.69, 9.17) is 0 Å². The van der Waals surface area contributed by atoms with Gasteiger partial charge in [0.05, 0.1) is 0 Å². The third kappa shape index (κ3) is 5.13. The maximum Gasteiger partial charge on any atom is 0.220 e. The molecule has 104 valence electrons. The van der Waals surface area contributed by atoms with Crippen molar-refractivity contribution in [2.45, 2.75) is 19.3 Å².